The molecule has 47 heavy (non-hydrogen) atoms. The minimum atomic E-state index is -4.17. The molecule has 5 rings (SSSR count). The summed E-state index contributed by atoms with van der Waals surface area (Å²) in [5.41, 5.74) is 0.551. The Kier molecular flexibility index (Phi) is 9.06. The Balaban J connectivity index is 1.74. The first kappa shape index (κ1) is 33.5. The first-order chi connectivity index (χ1) is 22.2. The average molecular weight is 675 g/mol. The van der Waals surface area contributed by atoms with E-state index >= 15 is 4.39 Å². The van der Waals surface area contributed by atoms with Gasteiger partial charge in [0, 0.05) is 53.9 Å². The zero-order chi connectivity index (χ0) is 34.3. The van der Waals surface area contributed by atoms with E-state index in [1.54, 1.807) is 31.4 Å². The minimum Gasteiger partial charge on any atom is -0.440 e. The van der Waals surface area contributed by atoms with Gasteiger partial charge in [0.2, 0.25) is 0 Å². The van der Waals surface area contributed by atoms with Gasteiger partial charge >= 0.3 is 12.2 Å². The number of thioether (sulfide) groups is 1. The molecule has 0 unspecified atom stereocenters. The number of halogens is 5. The number of ether oxygens (including phenoxy) is 2. The van der Waals surface area contributed by atoms with Crippen LogP contribution in [0.3, 0.4) is 0 Å². The number of nitrogens with one attached hydrogen (secondary N) is 3. The Morgan fingerprint density at radius 2 is 1.74 bits per heavy atom. The van der Waals surface area contributed by atoms with Gasteiger partial charge in [-0.25, -0.2) is 9.37 Å². The van der Waals surface area contributed by atoms with Crippen molar-refractivity contribution in [2.75, 3.05) is 20.4 Å². The van der Waals surface area contributed by atoms with Crippen molar-refractivity contribution in [2.24, 2.45) is 0 Å². The maximum Gasteiger partial charge on any atom is 0.586 e. The van der Waals surface area contributed by atoms with Gasteiger partial charge in [-0.2, -0.15) is 8.78 Å². The molecular weight excluding hydrogens is 647 g/mol. The molecule has 0 spiro atoms. The van der Waals surface area contributed by atoms with E-state index in [0.29, 0.717) is 16.0 Å². The normalized spacial score (nSPS) is 13.9. The van der Waals surface area contributed by atoms with Crippen molar-refractivity contribution < 1.29 is 45.7 Å². The summed E-state index contributed by atoms with van der Waals surface area (Å²) in [5, 5.41) is 22.3. The summed E-state index contributed by atoms with van der Waals surface area (Å²) in [4.78, 5) is 16.8. The molecule has 1 aliphatic rings. The second kappa shape index (κ2) is 12.7. The van der Waals surface area contributed by atoms with Crippen LogP contribution in [-0.2, 0) is 11.4 Å². The molecule has 4 N–H and O–H groups in total. The predicted octanol–water partition coefficient (Wildman–Crippen LogP) is 6.62. The van der Waals surface area contributed by atoms with Crippen LogP contribution in [0.5, 0.6) is 11.5 Å². The Bertz CT molecular complexity index is 1930. The number of oxazole rings is 1. The summed E-state index contributed by atoms with van der Waals surface area (Å²) in [6.45, 7) is 1.03. The van der Waals surface area contributed by atoms with E-state index in [-0.39, 0.29) is 56.8 Å². The monoisotopic (exact) mass is 674 g/mol. The van der Waals surface area contributed by atoms with Crippen LogP contribution in [0.1, 0.15) is 17.0 Å². The van der Waals surface area contributed by atoms with Gasteiger partial charge in [0.25, 0.3) is 5.91 Å². The summed E-state index contributed by atoms with van der Waals surface area (Å²) in [6.07, 6.45) is -1.35. The molecule has 0 atom stereocenters. The molecule has 4 aromatic rings. The van der Waals surface area contributed by atoms with Gasteiger partial charge in [-0.3, -0.25) is 10.2 Å². The number of carbonyl (C=O) groups excluding carboxylic acids is 1. The van der Waals surface area contributed by atoms with Crippen LogP contribution in [0.2, 0.25) is 0 Å². The van der Waals surface area contributed by atoms with Gasteiger partial charge in [0.15, 0.2) is 23.1 Å². The smallest absolute Gasteiger partial charge is 0.440 e. The van der Waals surface area contributed by atoms with Gasteiger partial charge in [-0.15, -0.1) is 20.5 Å². The first-order valence-corrected chi connectivity index (χ1v) is 15.0. The number of rotatable bonds is 10. The van der Waals surface area contributed by atoms with Crippen LogP contribution in [0.15, 0.2) is 63.9 Å². The number of aliphatic hydroxyl groups is 1. The van der Waals surface area contributed by atoms with Crippen LogP contribution in [-0.4, -0.2) is 54.3 Å². The maximum absolute atomic E-state index is 15.0. The third-order valence-electron chi connectivity index (χ3n) is 7.24. The molecule has 0 fully saturated rings. The van der Waals surface area contributed by atoms with Crippen LogP contribution in [0, 0.1) is 18.2 Å². The lowest BCUT2D eigenvalue weighted by atomic mass is 9.93. The number of alkyl halides is 4. The Labute approximate surface area is 269 Å². The average Bonchev–Trinajstić information content (AvgIpc) is 3.59. The quantitative estimate of drug-likeness (QED) is 0.0840. The molecule has 0 aliphatic carbocycles. The highest BCUT2D eigenvalue weighted by Crippen LogP contribution is 2.45. The number of carbonyl (C=O) groups is 1. The summed E-state index contributed by atoms with van der Waals surface area (Å²) in [5.74, 6) is -6.70. The zero-order valence-electron chi connectivity index (χ0n) is 25.2. The molecule has 15 heteroatoms. The fourth-order valence-corrected chi connectivity index (χ4v) is 5.61. The lowest BCUT2D eigenvalue weighted by Crippen LogP contribution is -2.43. The molecule has 1 amide bonds. The third kappa shape index (κ3) is 6.40. The van der Waals surface area contributed by atoms with E-state index in [4.69, 9.17) is 9.83 Å². The lowest BCUT2D eigenvalue weighted by molar-refractivity contribution is -0.286. The van der Waals surface area contributed by atoms with Gasteiger partial charge < -0.3 is 29.6 Å². The molecule has 0 radical (unpaired) electrons. The number of aryl methyl sites for hydroxylation is 1. The molecule has 1 aliphatic heterocycles. The van der Waals surface area contributed by atoms with Crippen molar-refractivity contribution in [3.8, 4) is 45.2 Å². The highest BCUT2D eigenvalue weighted by molar-refractivity contribution is 7.98. The number of fused-ring (bicyclic) bond motifs is 1. The lowest BCUT2D eigenvalue weighted by Gasteiger charge is -2.18. The van der Waals surface area contributed by atoms with Crippen molar-refractivity contribution in [3.63, 3.8) is 0 Å². The van der Waals surface area contributed by atoms with Crippen molar-refractivity contribution in [1.82, 2.24) is 15.6 Å². The number of hydrogen-bond donors (Lipinski definition) is 4. The molecule has 9 nitrogen and oxygen atoms in total. The Morgan fingerprint density at radius 3 is 2.40 bits per heavy atom. The SMILES string of the molecule is CNC(=O)C(F)(F)C(=N)/C=C(\NC)c1ccc(-c2cc(F)c(CO)c(SC)c2)cc1-c1oc(C)nc1-c1ccc2c(c1)OC(F)(F)O2. The van der Waals surface area contributed by atoms with E-state index in [9.17, 15) is 27.5 Å². The first-order valence-electron chi connectivity index (χ1n) is 13.8. The number of benzene rings is 3. The van der Waals surface area contributed by atoms with Crippen LogP contribution in [0.25, 0.3) is 39.4 Å². The molecule has 0 saturated heterocycles. The second-order valence-corrected chi connectivity index (χ2v) is 11.0. The second-order valence-electron chi connectivity index (χ2n) is 10.2. The Morgan fingerprint density at radius 1 is 1.04 bits per heavy atom. The summed E-state index contributed by atoms with van der Waals surface area (Å²) in [7, 11) is 2.44. The van der Waals surface area contributed by atoms with E-state index < -0.39 is 36.3 Å². The topological polar surface area (TPSA) is 130 Å². The fraction of sp³-hybridized carbons (Fsp3) is 0.219. The van der Waals surface area contributed by atoms with E-state index in [1.807, 2.05) is 5.32 Å². The van der Waals surface area contributed by atoms with Crippen molar-refractivity contribution >= 4 is 29.1 Å². The predicted molar refractivity (Wildman–Crippen MR) is 165 cm³/mol. The number of aromatic nitrogens is 1. The Hall–Kier alpha value is -4.89. The molecular formula is C32H27F5N4O5S. The summed E-state index contributed by atoms with van der Waals surface area (Å²) >= 11 is 1.23. The van der Waals surface area contributed by atoms with E-state index in [0.717, 1.165) is 13.1 Å². The standard InChI is InChI=1S/C32H27F5N4O5S/c1-15-41-28(17-6-8-24-25(11-17)46-32(36,37)45-24)29(44-15)20-9-16(18-10-22(33)21(14-42)26(12-18)47-4)5-7-19(20)23(39-2)13-27(38)31(34,35)30(43)40-3/h5-13,38-39,42H,14H2,1-4H3,(H,40,43)/b23-13-,38-27?. The van der Waals surface area contributed by atoms with E-state index in [1.165, 1.54) is 49.1 Å². The zero-order valence-corrected chi connectivity index (χ0v) is 26.0. The molecule has 0 saturated carbocycles. The van der Waals surface area contributed by atoms with Gasteiger partial charge in [-0.05, 0) is 59.9 Å². The van der Waals surface area contributed by atoms with Crippen LogP contribution in [0.4, 0.5) is 22.0 Å². The van der Waals surface area contributed by atoms with Crippen molar-refractivity contribution in [3.05, 3.63) is 77.4 Å². The van der Waals surface area contributed by atoms with Crippen LogP contribution >= 0.6 is 11.8 Å². The molecule has 3 aromatic carbocycles. The number of amides is 1. The van der Waals surface area contributed by atoms with Gasteiger partial charge in [0.1, 0.15) is 17.2 Å². The highest BCUT2D eigenvalue weighted by Gasteiger charge is 2.44. The number of hydrogen-bond acceptors (Lipinski definition) is 9. The molecule has 0 bridgehead atoms. The van der Waals surface area contributed by atoms with E-state index in [2.05, 4.69) is 19.8 Å². The minimum absolute atomic E-state index is 0.0166. The highest BCUT2D eigenvalue weighted by atomic mass is 32.2. The molecule has 246 valence electrons. The number of aliphatic hydroxyl groups excluding tert-OH is 1. The molecule has 2 heterocycles. The fourth-order valence-electron chi connectivity index (χ4n) is 4.96. The largest absolute Gasteiger partial charge is 0.586 e. The van der Waals surface area contributed by atoms with Gasteiger partial charge in [-0.1, -0.05) is 12.1 Å². The van der Waals surface area contributed by atoms with Crippen LogP contribution < -0.4 is 20.1 Å². The maximum atomic E-state index is 15.0. The summed E-state index contributed by atoms with van der Waals surface area (Å²) in [6, 6.07) is 11.6. The summed E-state index contributed by atoms with van der Waals surface area (Å²) < 4.78 is 87.1. The molecule has 1 aromatic heterocycles. The van der Waals surface area contributed by atoms with Crippen molar-refractivity contribution in [2.45, 2.75) is 30.6 Å². The number of nitrogens with zero attached hydrogens (tertiary/aromatic N) is 1. The van der Waals surface area contributed by atoms with Gasteiger partial charge in [0.05, 0.1) is 6.61 Å². The third-order valence-corrected chi connectivity index (χ3v) is 8.04. The number of allylic oxidation sites excluding steroid dienone is 1. The van der Waals surface area contributed by atoms with Crippen molar-refractivity contribution in [1.29, 1.82) is 5.41 Å².